The van der Waals surface area contributed by atoms with Crippen LogP contribution in [0.4, 0.5) is 11.4 Å². The molecule has 0 radical (unpaired) electrons. The van der Waals surface area contributed by atoms with Gasteiger partial charge in [0.15, 0.2) is 0 Å². The molecule has 0 spiro atoms. The van der Waals surface area contributed by atoms with Gasteiger partial charge in [-0.1, -0.05) is 37.1 Å². The van der Waals surface area contributed by atoms with Crippen molar-refractivity contribution in [3.05, 3.63) is 101 Å². The minimum Gasteiger partial charge on any atom is -0.423 e. The van der Waals surface area contributed by atoms with Crippen LogP contribution in [0.5, 0.6) is 5.75 Å². The number of hydrogen-bond acceptors (Lipinski definition) is 5. The Balaban J connectivity index is 1.36. The van der Waals surface area contributed by atoms with Gasteiger partial charge in [-0.3, -0.25) is 9.59 Å². The molecule has 1 aliphatic carbocycles. The predicted molar refractivity (Wildman–Crippen MR) is 148 cm³/mol. The van der Waals surface area contributed by atoms with Crippen LogP contribution in [0, 0.1) is 0 Å². The van der Waals surface area contributed by atoms with Crippen LogP contribution in [0.15, 0.2) is 78.9 Å². The zero-order valence-corrected chi connectivity index (χ0v) is 21.4. The zero-order valence-electron chi connectivity index (χ0n) is 21.4. The van der Waals surface area contributed by atoms with Gasteiger partial charge in [-0.2, -0.15) is 0 Å². The molecule has 0 unspecified atom stereocenters. The Kier molecular flexibility index (Phi) is 5.95. The summed E-state index contributed by atoms with van der Waals surface area (Å²) in [5.74, 6) is -0.566. The average Bonchev–Trinajstić information content (AvgIpc) is 3.47. The maximum absolute atomic E-state index is 13.8. The van der Waals surface area contributed by atoms with Gasteiger partial charge in [0.2, 0.25) is 0 Å². The summed E-state index contributed by atoms with van der Waals surface area (Å²) in [7, 11) is 3.86. The highest BCUT2D eigenvalue weighted by molar-refractivity contribution is 6.36. The van der Waals surface area contributed by atoms with Gasteiger partial charge in [0, 0.05) is 30.7 Å². The molecule has 1 saturated carbocycles. The second kappa shape index (κ2) is 9.45. The van der Waals surface area contributed by atoms with Crippen LogP contribution in [-0.2, 0) is 0 Å². The van der Waals surface area contributed by atoms with Crippen LogP contribution < -0.4 is 14.5 Å². The van der Waals surface area contributed by atoms with E-state index >= 15 is 0 Å². The third-order valence-electron chi connectivity index (χ3n) is 7.60. The second-order valence-corrected chi connectivity index (χ2v) is 10.2. The fourth-order valence-corrected chi connectivity index (χ4v) is 5.61. The molecular weight excluding hydrogens is 476 g/mol. The van der Waals surface area contributed by atoms with E-state index in [0.717, 1.165) is 24.1 Å². The first-order chi connectivity index (χ1) is 18.4. The SMILES string of the molecule is CN(C)c1ccc(C(=O)Oc2cc3c4c(cccc4c2)C(=O)N(c2cccc(C4CCCC4)c2)C3=O)cc1. The highest BCUT2D eigenvalue weighted by atomic mass is 16.5. The van der Waals surface area contributed by atoms with Gasteiger partial charge in [0.25, 0.3) is 11.8 Å². The standard InChI is InChI=1S/C32H28N2O4/c1-33(2)24-15-13-21(14-16-24)32(37)38-26-18-23-10-6-12-27-29(23)28(19-26)31(36)34(30(27)35)25-11-5-9-22(17-25)20-7-3-4-8-20/h5-6,9-20H,3-4,7-8H2,1-2H3. The lowest BCUT2D eigenvalue weighted by molar-refractivity contribution is 0.0732. The Labute approximate surface area is 221 Å². The Bertz CT molecular complexity index is 1580. The van der Waals surface area contributed by atoms with Crippen molar-refractivity contribution in [3.63, 3.8) is 0 Å². The quantitative estimate of drug-likeness (QED) is 0.174. The Morgan fingerprint density at radius 2 is 1.55 bits per heavy atom. The highest BCUT2D eigenvalue weighted by Gasteiger charge is 2.35. The van der Waals surface area contributed by atoms with Gasteiger partial charge in [-0.25, -0.2) is 9.69 Å². The molecule has 4 aromatic carbocycles. The van der Waals surface area contributed by atoms with Crippen LogP contribution >= 0.6 is 0 Å². The molecule has 0 bridgehead atoms. The molecule has 4 aromatic rings. The highest BCUT2D eigenvalue weighted by Crippen LogP contribution is 2.38. The number of carbonyl (C=O) groups excluding carboxylic acids is 3. The molecule has 1 heterocycles. The van der Waals surface area contributed by atoms with Gasteiger partial charge in [-0.05, 0) is 84.3 Å². The topological polar surface area (TPSA) is 66.9 Å². The molecule has 0 N–H and O–H groups in total. The number of imide groups is 1. The summed E-state index contributed by atoms with van der Waals surface area (Å²) in [5.41, 5.74) is 3.90. The monoisotopic (exact) mass is 504 g/mol. The van der Waals surface area contributed by atoms with Crippen molar-refractivity contribution in [3.8, 4) is 5.75 Å². The number of nitrogens with zero attached hydrogens (tertiary/aromatic N) is 2. The Morgan fingerprint density at radius 3 is 2.29 bits per heavy atom. The Morgan fingerprint density at radius 1 is 0.842 bits per heavy atom. The molecule has 2 amide bonds. The molecule has 6 rings (SSSR count). The maximum atomic E-state index is 13.8. The van der Waals surface area contributed by atoms with E-state index in [0.29, 0.717) is 39.1 Å². The van der Waals surface area contributed by atoms with Gasteiger partial charge in [-0.15, -0.1) is 0 Å². The van der Waals surface area contributed by atoms with E-state index in [4.69, 9.17) is 4.74 Å². The lowest BCUT2D eigenvalue weighted by Gasteiger charge is -2.28. The molecule has 6 heteroatoms. The molecular formula is C32H28N2O4. The number of carbonyl (C=O) groups is 3. The molecule has 190 valence electrons. The van der Waals surface area contributed by atoms with Gasteiger partial charge < -0.3 is 9.64 Å². The van der Waals surface area contributed by atoms with E-state index < -0.39 is 11.9 Å². The predicted octanol–water partition coefficient (Wildman–Crippen LogP) is 6.58. The van der Waals surface area contributed by atoms with E-state index in [1.54, 1.807) is 42.5 Å². The van der Waals surface area contributed by atoms with Crippen molar-refractivity contribution >= 4 is 39.9 Å². The van der Waals surface area contributed by atoms with Crippen molar-refractivity contribution in [2.75, 3.05) is 23.9 Å². The van der Waals surface area contributed by atoms with E-state index in [9.17, 15) is 14.4 Å². The molecule has 0 atom stereocenters. The fraction of sp³-hybridized carbons (Fsp3) is 0.219. The van der Waals surface area contributed by atoms with Crippen molar-refractivity contribution < 1.29 is 19.1 Å². The van der Waals surface area contributed by atoms with Crippen LogP contribution in [-0.4, -0.2) is 31.9 Å². The van der Waals surface area contributed by atoms with E-state index in [1.165, 1.54) is 17.7 Å². The summed E-state index contributed by atoms with van der Waals surface area (Å²) in [5, 5.41) is 1.26. The first-order valence-electron chi connectivity index (χ1n) is 13.0. The van der Waals surface area contributed by atoms with Gasteiger partial charge in [0.1, 0.15) is 5.75 Å². The summed E-state index contributed by atoms with van der Waals surface area (Å²) in [6.07, 6.45) is 4.65. The molecule has 6 nitrogen and oxygen atoms in total. The number of hydrogen-bond donors (Lipinski definition) is 0. The largest absolute Gasteiger partial charge is 0.423 e. The van der Waals surface area contributed by atoms with Crippen molar-refractivity contribution in [2.24, 2.45) is 0 Å². The molecule has 2 aliphatic rings. The number of benzene rings is 4. The third-order valence-corrected chi connectivity index (χ3v) is 7.60. The van der Waals surface area contributed by atoms with Crippen LogP contribution in [0.3, 0.4) is 0 Å². The van der Waals surface area contributed by atoms with Gasteiger partial charge in [0.05, 0.1) is 16.8 Å². The minimum absolute atomic E-state index is 0.258. The zero-order chi connectivity index (χ0) is 26.4. The van der Waals surface area contributed by atoms with E-state index in [1.807, 2.05) is 49.3 Å². The number of rotatable bonds is 5. The van der Waals surface area contributed by atoms with E-state index in [-0.39, 0.29) is 11.7 Å². The summed E-state index contributed by atoms with van der Waals surface area (Å²) >= 11 is 0. The fourth-order valence-electron chi connectivity index (χ4n) is 5.61. The van der Waals surface area contributed by atoms with Crippen LogP contribution in [0.1, 0.15) is 68.2 Å². The minimum atomic E-state index is -0.515. The smallest absolute Gasteiger partial charge is 0.343 e. The number of anilines is 2. The number of ether oxygens (including phenoxy) is 1. The molecule has 1 fully saturated rings. The lowest BCUT2D eigenvalue weighted by Crippen LogP contribution is -2.40. The normalized spacial score (nSPS) is 15.3. The summed E-state index contributed by atoms with van der Waals surface area (Å²) in [6, 6.07) is 23.5. The number of esters is 1. The van der Waals surface area contributed by atoms with Crippen LogP contribution in [0.2, 0.25) is 0 Å². The third kappa shape index (κ3) is 4.12. The molecule has 0 saturated heterocycles. The maximum Gasteiger partial charge on any atom is 0.343 e. The molecule has 1 aliphatic heterocycles. The summed E-state index contributed by atoms with van der Waals surface area (Å²) in [6.45, 7) is 0. The van der Waals surface area contributed by atoms with Crippen LogP contribution in [0.25, 0.3) is 10.8 Å². The Hall–Kier alpha value is -4.45. The second-order valence-electron chi connectivity index (χ2n) is 10.2. The average molecular weight is 505 g/mol. The van der Waals surface area contributed by atoms with Crippen molar-refractivity contribution in [2.45, 2.75) is 31.6 Å². The first-order valence-corrected chi connectivity index (χ1v) is 13.0. The van der Waals surface area contributed by atoms with Crippen molar-refractivity contribution in [1.82, 2.24) is 0 Å². The summed E-state index contributed by atoms with van der Waals surface area (Å²) < 4.78 is 5.71. The molecule has 0 aromatic heterocycles. The van der Waals surface area contributed by atoms with Gasteiger partial charge >= 0.3 is 5.97 Å². The lowest BCUT2D eigenvalue weighted by atomic mass is 9.92. The van der Waals surface area contributed by atoms with Crippen molar-refractivity contribution in [1.29, 1.82) is 0 Å². The van der Waals surface area contributed by atoms with E-state index in [2.05, 4.69) is 6.07 Å². The summed E-state index contributed by atoms with van der Waals surface area (Å²) in [4.78, 5) is 43.5. The molecule has 38 heavy (non-hydrogen) atoms. The number of amides is 2. The first kappa shape index (κ1) is 23.9.